The molecule has 0 bridgehead atoms. The van der Waals surface area contributed by atoms with Crippen LogP contribution in [0.1, 0.15) is 166 Å². The minimum Gasteiger partial charge on any atom is -0.480 e. The fourth-order valence-electron chi connectivity index (χ4n) is 16.1. The number of nitrogens with zero attached hydrogens (tertiary/aromatic N) is 2. The number of halogens is 7. The standard InChI is InChI=1S/C33H39Cl2FN2O4.C24H24Cl2FN3O3.C7H15NO2.ClH/c1-18(39)25-9-7-19(17-42-25)15-24(40)21-16-32(13-11-31(2,3)12-14-32)33(27(21)20-5-4-6-23(34)28(20)36)22-8-10-26(35)37-29(22)38-30(33)41;1-22(2)8-10-23(11-9-22)24(13-6-7-15(26)28-19(13)29-21(24)33)16(18(30-23)20(31)32)12-4-3-5-14(25)17(12)27;1-5(9)7-3-2-6(8)4-10-7;/h4-6,8,10,18-19,21,25,27,39H,7,9,11-17H2,1-3H3,(H,37,38,41);3-7,16,18,30H,8-11H2,1-2H3,(H,31,32)(H,28,29,33);5-7,9H,2-4,8H2,1H3;1H/t18-,19+,21+,25+,27+,33-;16-,18+,24?;5-,6-,7+;/m101./s1. The number of carbonyl (C=O) groups is 4. The van der Waals surface area contributed by atoms with Gasteiger partial charge in [-0.15, -0.1) is 12.4 Å². The van der Waals surface area contributed by atoms with Crippen molar-refractivity contribution in [3.05, 3.63) is 115 Å². The smallest absolute Gasteiger partial charge is 0.321 e. The molecule has 12 atom stereocenters. The Bertz CT molecular complexity index is 3210. The number of carbonyl (C=O) groups excluding carboxylic acids is 3. The van der Waals surface area contributed by atoms with Crippen LogP contribution >= 0.6 is 58.8 Å². The van der Waals surface area contributed by atoms with Crippen molar-refractivity contribution in [2.45, 2.75) is 196 Å². The Morgan fingerprint density at radius 2 is 1.15 bits per heavy atom. The Labute approximate surface area is 527 Å². The van der Waals surface area contributed by atoms with E-state index in [9.17, 15) is 29.4 Å². The molecule has 1 unspecified atom stereocenters. The van der Waals surface area contributed by atoms with E-state index < -0.39 is 75.2 Å². The number of ether oxygens (including phenoxy) is 2. The summed E-state index contributed by atoms with van der Waals surface area (Å²) in [6, 6.07) is 15.2. The van der Waals surface area contributed by atoms with Gasteiger partial charge < -0.3 is 41.2 Å². The maximum Gasteiger partial charge on any atom is 0.321 e. The molecule has 15 nitrogen and oxygen atoms in total. The van der Waals surface area contributed by atoms with E-state index in [1.54, 1.807) is 50.2 Å². The average molecular weight is 1290 g/mol. The first-order valence-corrected chi connectivity index (χ1v) is 31.3. The van der Waals surface area contributed by atoms with E-state index in [1.165, 1.54) is 18.2 Å². The second-order valence-corrected chi connectivity index (χ2v) is 28.6. The molecule has 2 amide bonds. The summed E-state index contributed by atoms with van der Waals surface area (Å²) in [6.45, 7) is 13.3. The molecule has 3 aliphatic carbocycles. The van der Waals surface area contributed by atoms with Crippen molar-refractivity contribution in [3.8, 4) is 0 Å². The third-order valence-electron chi connectivity index (χ3n) is 20.7. The summed E-state index contributed by atoms with van der Waals surface area (Å²) in [4.78, 5) is 64.3. The molecule has 12 rings (SSSR count). The fourth-order valence-corrected chi connectivity index (χ4v) is 16.8. The summed E-state index contributed by atoms with van der Waals surface area (Å²) in [7, 11) is 0. The van der Waals surface area contributed by atoms with Gasteiger partial charge in [0.15, 0.2) is 0 Å². The SMILES string of the molecule is CC1(C)CCC2(CC1)N[C@@H](C(=O)O)[C@H](c1cccc(Cl)c1F)C21C(=O)Nc2nc(Cl)ccc21.C[C@@H](O)[C@@H]1CC[C@@H](CC(=O)[C@@H]2CC3(CCC(C)(C)CC3)[C@@]3(C(=O)Nc4nc(Cl)ccc43)[C@H]2c2cccc(Cl)c2F)CO1.C[C@@H](O)[C@@H]1CC[C@@H](N)CO1.Cl. The van der Waals surface area contributed by atoms with Crippen LogP contribution in [0.5, 0.6) is 0 Å². The van der Waals surface area contributed by atoms with Crippen LogP contribution in [0.15, 0.2) is 60.7 Å². The molecule has 6 fully saturated rings. The Morgan fingerprint density at radius 3 is 1.63 bits per heavy atom. The fraction of sp³-hybridized carbons (Fsp3) is 0.594. The van der Waals surface area contributed by atoms with Crippen LogP contribution in [0.25, 0.3) is 0 Å². The Kier molecular flexibility index (Phi) is 19.5. The molecular weight excluding hydrogens is 1210 g/mol. The summed E-state index contributed by atoms with van der Waals surface area (Å²) in [6.07, 6.45) is 8.85. The molecule has 2 aromatic carbocycles. The second kappa shape index (κ2) is 25.3. The van der Waals surface area contributed by atoms with Gasteiger partial charge in [-0.05, 0) is 155 Å². The van der Waals surface area contributed by atoms with Gasteiger partial charge in [-0.2, -0.15) is 0 Å². The van der Waals surface area contributed by atoms with Crippen molar-refractivity contribution in [1.82, 2.24) is 15.3 Å². The third-order valence-corrected chi connectivity index (χ3v) is 21.7. The van der Waals surface area contributed by atoms with E-state index in [0.29, 0.717) is 61.4 Å². The maximum atomic E-state index is 16.1. The van der Waals surface area contributed by atoms with Crippen molar-refractivity contribution in [3.63, 3.8) is 0 Å². The zero-order valence-corrected chi connectivity index (χ0v) is 53.1. The summed E-state index contributed by atoms with van der Waals surface area (Å²) in [5.74, 6) is -4.79. The number of Topliss-reactive ketones (excluding diaryl/α,β-unsaturated/α-hetero) is 1. The molecule has 5 aliphatic heterocycles. The molecule has 8 N–H and O–H groups in total. The number of aliphatic hydroxyl groups excluding tert-OH is 2. The molecule has 86 heavy (non-hydrogen) atoms. The van der Waals surface area contributed by atoms with Gasteiger partial charge in [-0.3, -0.25) is 24.5 Å². The molecule has 7 heterocycles. The molecule has 4 spiro atoms. The number of nitrogens with two attached hydrogens (primary N) is 1. The van der Waals surface area contributed by atoms with Crippen LogP contribution in [0.3, 0.4) is 0 Å². The molecule has 8 aliphatic rings. The van der Waals surface area contributed by atoms with Crippen molar-refractivity contribution in [1.29, 1.82) is 0 Å². The van der Waals surface area contributed by atoms with E-state index in [4.69, 9.17) is 66.7 Å². The van der Waals surface area contributed by atoms with E-state index >= 15 is 8.78 Å². The third kappa shape index (κ3) is 11.7. The average Bonchev–Trinajstić information content (AvgIpc) is 1.52. The number of aromatic nitrogens is 2. The highest BCUT2D eigenvalue weighted by atomic mass is 35.5. The number of aliphatic carboxylic acids is 1. The van der Waals surface area contributed by atoms with Gasteiger partial charge in [-0.1, -0.05) is 110 Å². The minimum atomic E-state index is -1.40. The highest BCUT2D eigenvalue weighted by Gasteiger charge is 2.75. The van der Waals surface area contributed by atoms with Crippen molar-refractivity contribution >= 4 is 94.0 Å². The molecular formula is C64H79Cl5F2N6O9. The summed E-state index contributed by atoms with van der Waals surface area (Å²) in [5.41, 5.74) is 3.28. The number of carboxylic acids is 1. The molecule has 22 heteroatoms. The zero-order chi connectivity index (χ0) is 61.3. The Balaban J connectivity index is 0.000000178. The van der Waals surface area contributed by atoms with Gasteiger partial charge >= 0.3 is 5.97 Å². The number of aliphatic hydroxyl groups is 2. The molecule has 3 saturated carbocycles. The van der Waals surface area contributed by atoms with Crippen molar-refractivity contribution < 1.29 is 52.8 Å². The number of amides is 2. The van der Waals surface area contributed by atoms with Gasteiger partial charge in [0.1, 0.15) is 50.8 Å². The van der Waals surface area contributed by atoms with Gasteiger partial charge in [-0.25, -0.2) is 18.7 Å². The summed E-state index contributed by atoms with van der Waals surface area (Å²) in [5, 5.41) is 38.8. The second-order valence-electron chi connectivity index (χ2n) is 27.0. The lowest BCUT2D eigenvalue weighted by molar-refractivity contribution is -0.139. The number of benzene rings is 2. The van der Waals surface area contributed by atoms with Crippen molar-refractivity contribution in [2.75, 3.05) is 23.8 Å². The van der Waals surface area contributed by atoms with E-state index in [1.807, 2.05) is 6.07 Å². The molecule has 2 aromatic heterocycles. The van der Waals surface area contributed by atoms with E-state index in [-0.39, 0.29) is 103 Å². The number of pyridine rings is 2. The number of ketones is 1. The van der Waals surface area contributed by atoms with Gasteiger partial charge in [0.2, 0.25) is 11.8 Å². The maximum absolute atomic E-state index is 16.1. The zero-order valence-electron chi connectivity index (χ0n) is 49.3. The first-order chi connectivity index (χ1) is 40.1. The monoisotopic (exact) mass is 1290 g/mol. The molecule has 468 valence electrons. The first kappa shape index (κ1) is 66.3. The van der Waals surface area contributed by atoms with E-state index in [0.717, 1.165) is 57.8 Å². The number of fused-ring (bicyclic) bond motifs is 6. The Hall–Kier alpha value is -4.11. The van der Waals surface area contributed by atoms with Crippen LogP contribution in [0.4, 0.5) is 20.4 Å². The molecule has 0 radical (unpaired) electrons. The highest BCUT2D eigenvalue weighted by molar-refractivity contribution is 6.31. The predicted octanol–water partition coefficient (Wildman–Crippen LogP) is 12.4. The minimum absolute atomic E-state index is 0. The lowest BCUT2D eigenvalue weighted by Crippen LogP contribution is -2.61. The highest BCUT2D eigenvalue weighted by Crippen LogP contribution is 2.73. The van der Waals surface area contributed by atoms with E-state index in [2.05, 4.69) is 53.6 Å². The van der Waals surface area contributed by atoms with Crippen LogP contribution in [0, 0.1) is 39.7 Å². The largest absolute Gasteiger partial charge is 0.480 e. The lowest BCUT2D eigenvalue weighted by Gasteiger charge is -2.50. The normalized spacial score (nSPS) is 31.3. The number of nitrogens with one attached hydrogen (secondary N) is 3. The number of rotatable bonds is 8. The number of hydrogen-bond donors (Lipinski definition) is 7. The number of hydrogen-bond acceptors (Lipinski definition) is 12. The first-order valence-electron chi connectivity index (χ1n) is 29.8. The lowest BCUT2D eigenvalue weighted by atomic mass is 9.51. The van der Waals surface area contributed by atoms with Crippen LogP contribution < -0.4 is 21.7 Å². The van der Waals surface area contributed by atoms with Crippen LogP contribution in [0.2, 0.25) is 20.4 Å². The van der Waals surface area contributed by atoms with Crippen LogP contribution in [-0.2, 0) is 39.5 Å². The number of carboxylic acid groups (broad SMARTS) is 1. The molecule has 3 saturated heterocycles. The van der Waals surface area contributed by atoms with Crippen molar-refractivity contribution in [2.24, 2.45) is 33.8 Å². The summed E-state index contributed by atoms with van der Waals surface area (Å²) >= 11 is 24.9. The topological polar surface area (TPSA) is 235 Å². The Morgan fingerprint density at radius 1 is 0.674 bits per heavy atom. The quantitative estimate of drug-likeness (QED) is 0.0814. The van der Waals surface area contributed by atoms with Gasteiger partial charge in [0.25, 0.3) is 0 Å². The van der Waals surface area contributed by atoms with Gasteiger partial charge in [0, 0.05) is 46.9 Å². The number of anilines is 2. The molecule has 4 aromatic rings. The van der Waals surface area contributed by atoms with Crippen LogP contribution in [-0.4, -0.2) is 104 Å². The van der Waals surface area contributed by atoms with Gasteiger partial charge in [0.05, 0.1) is 53.1 Å². The summed E-state index contributed by atoms with van der Waals surface area (Å²) < 4.78 is 42.7. The predicted molar refractivity (Wildman–Crippen MR) is 329 cm³/mol.